The Labute approximate surface area is 123 Å². The summed E-state index contributed by atoms with van der Waals surface area (Å²) in [7, 11) is 2.13. The summed E-state index contributed by atoms with van der Waals surface area (Å²) in [5.74, 6) is 2.51. The molecule has 4 unspecified atom stereocenters. The highest BCUT2D eigenvalue weighted by atomic mass is 16.1. The first-order chi connectivity index (χ1) is 9.44. The van der Waals surface area contributed by atoms with Crippen molar-refractivity contribution in [2.75, 3.05) is 26.7 Å². The number of likely N-dealkylation sites (N-methyl/N-ethyl adjacent to an activating group) is 1. The second-order valence-corrected chi connectivity index (χ2v) is 7.25. The first-order valence-electron chi connectivity index (χ1n) is 8.18. The van der Waals surface area contributed by atoms with E-state index in [0.29, 0.717) is 6.54 Å². The SMILES string of the molecule is CCCNC(C)(CN(C)CC1CC2CCC1C2)C(N)=O. The highest BCUT2D eigenvalue weighted by Crippen LogP contribution is 2.48. The quantitative estimate of drug-likeness (QED) is 0.710. The minimum atomic E-state index is -0.609. The molecule has 116 valence electrons. The Morgan fingerprint density at radius 2 is 2.15 bits per heavy atom. The lowest BCUT2D eigenvalue weighted by atomic mass is 9.88. The minimum absolute atomic E-state index is 0.245. The number of nitrogens with zero attached hydrogens (tertiary/aromatic N) is 1. The standard InChI is InChI=1S/C16H31N3O/c1-4-7-18-16(2,15(17)20)11-19(3)10-14-9-12-5-6-13(14)8-12/h12-14,18H,4-11H2,1-3H3,(H2,17,20). The Balaban J connectivity index is 1.85. The lowest BCUT2D eigenvalue weighted by molar-refractivity contribution is -0.124. The van der Waals surface area contributed by atoms with Gasteiger partial charge in [0.15, 0.2) is 0 Å². The van der Waals surface area contributed by atoms with Gasteiger partial charge in [0.25, 0.3) is 0 Å². The van der Waals surface area contributed by atoms with Crippen LogP contribution in [-0.2, 0) is 4.79 Å². The summed E-state index contributed by atoms with van der Waals surface area (Å²) in [6.45, 7) is 6.69. The molecule has 4 heteroatoms. The molecule has 0 aromatic heterocycles. The molecule has 2 bridgehead atoms. The van der Waals surface area contributed by atoms with Gasteiger partial charge in [-0.1, -0.05) is 13.3 Å². The van der Waals surface area contributed by atoms with Gasteiger partial charge in [-0.2, -0.15) is 0 Å². The summed E-state index contributed by atoms with van der Waals surface area (Å²) in [4.78, 5) is 14.1. The zero-order valence-electron chi connectivity index (χ0n) is 13.3. The molecule has 3 N–H and O–H groups in total. The fourth-order valence-corrected chi connectivity index (χ4v) is 4.23. The van der Waals surface area contributed by atoms with E-state index in [2.05, 4.69) is 24.2 Å². The van der Waals surface area contributed by atoms with E-state index in [4.69, 9.17) is 5.73 Å². The number of rotatable bonds is 8. The van der Waals surface area contributed by atoms with Crippen LogP contribution in [0.2, 0.25) is 0 Å². The number of hydrogen-bond donors (Lipinski definition) is 2. The predicted octanol–water partition coefficient (Wildman–Crippen LogP) is 1.60. The molecule has 1 amide bonds. The molecule has 0 aromatic carbocycles. The zero-order valence-corrected chi connectivity index (χ0v) is 13.3. The molecule has 0 aromatic rings. The average molecular weight is 281 g/mol. The third-order valence-electron chi connectivity index (χ3n) is 5.33. The van der Waals surface area contributed by atoms with Crippen molar-refractivity contribution in [1.82, 2.24) is 10.2 Å². The average Bonchev–Trinajstić information content (AvgIpc) is 2.98. The molecule has 20 heavy (non-hydrogen) atoms. The molecule has 0 radical (unpaired) electrons. The van der Waals surface area contributed by atoms with E-state index in [1.807, 2.05) is 6.92 Å². The number of carbonyl (C=O) groups is 1. The Kier molecular flexibility index (Phi) is 5.08. The third-order valence-corrected chi connectivity index (χ3v) is 5.33. The molecule has 0 aliphatic heterocycles. The van der Waals surface area contributed by atoms with Crippen molar-refractivity contribution in [2.24, 2.45) is 23.5 Å². The van der Waals surface area contributed by atoms with Crippen LogP contribution in [0.25, 0.3) is 0 Å². The van der Waals surface area contributed by atoms with E-state index in [0.717, 1.165) is 37.3 Å². The van der Waals surface area contributed by atoms with Gasteiger partial charge < -0.3 is 16.0 Å². The number of carbonyl (C=O) groups excluding carboxylic acids is 1. The predicted molar refractivity (Wildman–Crippen MR) is 82.3 cm³/mol. The summed E-state index contributed by atoms with van der Waals surface area (Å²) in [5.41, 5.74) is 4.99. The van der Waals surface area contributed by atoms with Gasteiger partial charge in [-0.3, -0.25) is 4.79 Å². The lowest BCUT2D eigenvalue weighted by Crippen LogP contribution is -2.59. The number of nitrogens with two attached hydrogens (primary N) is 1. The molecule has 2 aliphatic carbocycles. The summed E-state index contributed by atoms with van der Waals surface area (Å²) in [6, 6.07) is 0. The van der Waals surface area contributed by atoms with E-state index in [1.165, 1.54) is 25.7 Å². The number of nitrogens with one attached hydrogen (secondary N) is 1. The molecule has 0 spiro atoms. The van der Waals surface area contributed by atoms with Crippen LogP contribution in [-0.4, -0.2) is 43.0 Å². The van der Waals surface area contributed by atoms with Crippen LogP contribution in [0.1, 0.15) is 46.0 Å². The molecule has 0 heterocycles. The van der Waals surface area contributed by atoms with Crippen LogP contribution in [0, 0.1) is 17.8 Å². The Morgan fingerprint density at radius 3 is 2.65 bits per heavy atom. The van der Waals surface area contributed by atoms with Crippen LogP contribution in [0.15, 0.2) is 0 Å². The lowest BCUT2D eigenvalue weighted by Gasteiger charge is -2.34. The fraction of sp³-hybridized carbons (Fsp3) is 0.938. The summed E-state index contributed by atoms with van der Waals surface area (Å²) in [5, 5.41) is 3.32. The summed E-state index contributed by atoms with van der Waals surface area (Å²) in [6.07, 6.45) is 6.72. The number of fused-ring (bicyclic) bond motifs is 2. The van der Waals surface area contributed by atoms with Gasteiger partial charge >= 0.3 is 0 Å². The molecule has 4 nitrogen and oxygen atoms in total. The van der Waals surface area contributed by atoms with Crippen LogP contribution in [0.4, 0.5) is 0 Å². The van der Waals surface area contributed by atoms with Crippen molar-refractivity contribution >= 4 is 5.91 Å². The van der Waals surface area contributed by atoms with Gasteiger partial charge in [-0.05, 0) is 64.0 Å². The first-order valence-corrected chi connectivity index (χ1v) is 8.18. The molecule has 2 rings (SSSR count). The van der Waals surface area contributed by atoms with Crippen molar-refractivity contribution in [1.29, 1.82) is 0 Å². The molecule has 2 fully saturated rings. The Bertz CT molecular complexity index is 347. The maximum atomic E-state index is 11.8. The van der Waals surface area contributed by atoms with Crippen molar-refractivity contribution in [3.63, 3.8) is 0 Å². The monoisotopic (exact) mass is 281 g/mol. The van der Waals surface area contributed by atoms with E-state index >= 15 is 0 Å². The fourth-order valence-electron chi connectivity index (χ4n) is 4.23. The Morgan fingerprint density at radius 1 is 1.40 bits per heavy atom. The largest absolute Gasteiger partial charge is 0.368 e. The van der Waals surface area contributed by atoms with Gasteiger partial charge in [0, 0.05) is 13.1 Å². The van der Waals surface area contributed by atoms with Gasteiger partial charge in [0.2, 0.25) is 5.91 Å². The van der Waals surface area contributed by atoms with Gasteiger partial charge in [-0.25, -0.2) is 0 Å². The van der Waals surface area contributed by atoms with Crippen LogP contribution < -0.4 is 11.1 Å². The number of hydrogen-bond acceptors (Lipinski definition) is 3. The topological polar surface area (TPSA) is 58.4 Å². The Hall–Kier alpha value is -0.610. The summed E-state index contributed by atoms with van der Waals surface area (Å²) < 4.78 is 0. The van der Waals surface area contributed by atoms with Crippen molar-refractivity contribution in [2.45, 2.75) is 51.5 Å². The van der Waals surface area contributed by atoms with Crippen molar-refractivity contribution < 1.29 is 4.79 Å². The highest BCUT2D eigenvalue weighted by Gasteiger charge is 2.40. The van der Waals surface area contributed by atoms with E-state index in [1.54, 1.807) is 0 Å². The van der Waals surface area contributed by atoms with Crippen LogP contribution in [0.3, 0.4) is 0 Å². The highest BCUT2D eigenvalue weighted by molar-refractivity contribution is 5.84. The molecule has 4 atom stereocenters. The second kappa shape index (κ2) is 6.44. The van der Waals surface area contributed by atoms with Gasteiger partial charge in [0.05, 0.1) is 0 Å². The van der Waals surface area contributed by atoms with Gasteiger partial charge in [0.1, 0.15) is 5.54 Å². The first kappa shape index (κ1) is 15.8. The molecular formula is C16H31N3O. The van der Waals surface area contributed by atoms with Crippen molar-refractivity contribution in [3.05, 3.63) is 0 Å². The van der Waals surface area contributed by atoms with Gasteiger partial charge in [-0.15, -0.1) is 0 Å². The van der Waals surface area contributed by atoms with Crippen LogP contribution in [0.5, 0.6) is 0 Å². The molecule has 0 saturated heterocycles. The zero-order chi connectivity index (χ0) is 14.8. The molecule has 2 aliphatic rings. The third kappa shape index (κ3) is 3.53. The maximum absolute atomic E-state index is 11.8. The minimum Gasteiger partial charge on any atom is -0.368 e. The summed E-state index contributed by atoms with van der Waals surface area (Å²) >= 11 is 0. The number of amides is 1. The van der Waals surface area contributed by atoms with E-state index < -0.39 is 5.54 Å². The molecule has 2 saturated carbocycles. The van der Waals surface area contributed by atoms with E-state index in [9.17, 15) is 4.79 Å². The maximum Gasteiger partial charge on any atom is 0.238 e. The van der Waals surface area contributed by atoms with Crippen molar-refractivity contribution in [3.8, 4) is 0 Å². The smallest absolute Gasteiger partial charge is 0.238 e. The van der Waals surface area contributed by atoms with E-state index in [-0.39, 0.29) is 5.91 Å². The van der Waals surface area contributed by atoms with Crippen LogP contribution >= 0.6 is 0 Å². The normalized spacial score (nSPS) is 31.7. The second-order valence-electron chi connectivity index (χ2n) is 7.25. The number of primary amides is 1. The molecular weight excluding hydrogens is 250 g/mol.